The minimum atomic E-state index is -2.07. The second-order valence-corrected chi connectivity index (χ2v) is 3.90. The molecule has 0 bridgehead atoms. The zero-order valence-electron chi connectivity index (χ0n) is 9.92. The van der Waals surface area contributed by atoms with Gasteiger partial charge in [0.15, 0.2) is 0 Å². The average molecular weight is 224 g/mol. The second kappa shape index (κ2) is 5.10. The van der Waals surface area contributed by atoms with E-state index in [2.05, 4.69) is 4.74 Å². The van der Waals surface area contributed by atoms with Gasteiger partial charge in [-0.25, -0.2) is 9.18 Å². The van der Waals surface area contributed by atoms with E-state index in [0.29, 0.717) is 5.56 Å². The van der Waals surface area contributed by atoms with Crippen LogP contribution >= 0.6 is 0 Å². The summed E-state index contributed by atoms with van der Waals surface area (Å²) in [6, 6.07) is 7.07. The van der Waals surface area contributed by atoms with Crippen LogP contribution < -0.4 is 0 Å². The van der Waals surface area contributed by atoms with Crippen molar-refractivity contribution in [2.75, 3.05) is 7.11 Å². The monoisotopic (exact) mass is 224 g/mol. The average Bonchev–Trinajstić information content (AvgIpc) is 2.29. The first-order valence-electron chi connectivity index (χ1n) is 5.39. The van der Waals surface area contributed by atoms with Crippen LogP contribution in [0.1, 0.15) is 31.4 Å². The summed E-state index contributed by atoms with van der Waals surface area (Å²) in [6.45, 7) is 3.26. The highest BCUT2D eigenvalue weighted by atomic mass is 19.1. The standard InChI is InChI=1S/C13H17FO2/c1-4-7-10-8-5-6-9-11(10)13(2,14)12(15)16-3/h5-6,8-9H,4,7H2,1-3H3. The Hall–Kier alpha value is -1.38. The Morgan fingerprint density at radius 2 is 2.06 bits per heavy atom. The van der Waals surface area contributed by atoms with E-state index in [-0.39, 0.29) is 0 Å². The maximum absolute atomic E-state index is 14.3. The lowest BCUT2D eigenvalue weighted by Crippen LogP contribution is -2.29. The highest BCUT2D eigenvalue weighted by Crippen LogP contribution is 2.30. The van der Waals surface area contributed by atoms with E-state index in [1.54, 1.807) is 12.1 Å². The van der Waals surface area contributed by atoms with Crippen molar-refractivity contribution in [2.45, 2.75) is 32.4 Å². The van der Waals surface area contributed by atoms with Crippen molar-refractivity contribution in [1.82, 2.24) is 0 Å². The first kappa shape index (κ1) is 12.7. The molecule has 88 valence electrons. The molecule has 0 spiro atoms. The number of alkyl halides is 1. The summed E-state index contributed by atoms with van der Waals surface area (Å²) in [5.74, 6) is -0.851. The van der Waals surface area contributed by atoms with Crippen LogP contribution in [-0.2, 0) is 21.6 Å². The molecule has 0 N–H and O–H groups in total. The largest absolute Gasteiger partial charge is 0.466 e. The zero-order chi connectivity index (χ0) is 12.2. The maximum Gasteiger partial charge on any atom is 0.348 e. The molecule has 2 nitrogen and oxygen atoms in total. The Morgan fingerprint density at radius 1 is 1.44 bits per heavy atom. The van der Waals surface area contributed by atoms with Gasteiger partial charge in [0.2, 0.25) is 5.67 Å². The number of methoxy groups -OCH3 is 1. The van der Waals surface area contributed by atoms with E-state index >= 15 is 0 Å². The molecule has 0 aliphatic carbocycles. The zero-order valence-corrected chi connectivity index (χ0v) is 9.92. The lowest BCUT2D eigenvalue weighted by atomic mass is 9.91. The summed E-state index contributed by atoms with van der Waals surface area (Å²) in [5, 5.41) is 0. The van der Waals surface area contributed by atoms with Crippen molar-refractivity contribution in [3.8, 4) is 0 Å². The molecule has 0 aromatic heterocycles. The summed E-state index contributed by atoms with van der Waals surface area (Å²) in [4.78, 5) is 11.4. The van der Waals surface area contributed by atoms with E-state index in [4.69, 9.17) is 0 Å². The molecule has 0 radical (unpaired) electrons. The molecule has 0 amide bonds. The van der Waals surface area contributed by atoms with Crippen LogP contribution in [0, 0.1) is 0 Å². The fourth-order valence-electron chi connectivity index (χ4n) is 1.77. The minimum absolute atomic E-state index is 0.406. The van der Waals surface area contributed by atoms with Gasteiger partial charge in [-0.3, -0.25) is 0 Å². The molecule has 1 rings (SSSR count). The lowest BCUT2D eigenvalue weighted by molar-refractivity contribution is -0.154. The van der Waals surface area contributed by atoms with Crippen LogP contribution in [0.15, 0.2) is 24.3 Å². The fourth-order valence-corrected chi connectivity index (χ4v) is 1.77. The Bertz CT molecular complexity index is 372. The van der Waals surface area contributed by atoms with Gasteiger partial charge in [0.1, 0.15) is 0 Å². The number of halogens is 1. The molecular formula is C13H17FO2. The number of carbonyl (C=O) groups excluding carboxylic acids is 1. The van der Waals surface area contributed by atoms with Crippen LogP contribution in [-0.4, -0.2) is 13.1 Å². The van der Waals surface area contributed by atoms with Gasteiger partial charge in [-0.15, -0.1) is 0 Å². The Morgan fingerprint density at radius 3 is 2.62 bits per heavy atom. The van der Waals surface area contributed by atoms with Crippen LogP contribution in [0.4, 0.5) is 4.39 Å². The maximum atomic E-state index is 14.3. The van der Waals surface area contributed by atoms with Gasteiger partial charge in [0.25, 0.3) is 0 Å². The molecule has 3 heteroatoms. The summed E-state index contributed by atoms with van der Waals surface area (Å²) in [6.07, 6.45) is 1.67. The van der Waals surface area contributed by atoms with Gasteiger partial charge in [-0.2, -0.15) is 0 Å². The lowest BCUT2D eigenvalue weighted by Gasteiger charge is -2.20. The molecule has 1 atom stereocenters. The number of ether oxygens (including phenoxy) is 1. The predicted octanol–water partition coefficient (Wildman–Crippen LogP) is 3.00. The number of aryl methyl sites for hydroxylation is 1. The van der Waals surface area contributed by atoms with Crippen LogP contribution in [0.3, 0.4) is 0 Å². The molecule has 1 aromatic carbocycles. The van der Waals surface area contributed by atoms with Gasteiger partial charge in [0.05, 0.1) is 7.11 Å². The molecule has 1 unspecified atom stereocenters. The van der Waals surface area contributed by atoms with Crippen molar-refractivity contribution in [1.29, 1.82) is 0 Å². The van der Waals surface area contributed by atoms with Crippen molar-refractivity contribution in [2.24, 2.45) is 0 Å². The molecule has 0 fully saturated rings. The molecular weight excluding hydrogens is 207 g/mol. The fraction of sp³-hybridized carbons (Fsp3) is 0.462. The summed E-state index contributed by atoms with van der Waals surface area (Å²) >= 11 is 0. The van der Waals surface area contributed by atoms with Crippen molar-refractivity contribution in [3.63, 3.8) is 0 Å². The second-order valence-electron chi connectivity index (χ2n) is 3.90. The van der Waals surface area contributed by atoms with Gasteiger partial charge in [0, 0.05) is 5.56 Å². The van der Waals surface area contributed by atoms with Gasteiger partial charge in [-0.05, 0) is 18.9 Å². The number of esters is 1. The molecule has 0 aliphatic heterocycles. The third-order valence-corrected chi connectivity index (χ3v) is 2.61. The summed E-state index contributed by atoms with van der Waals surface area (Å²) in [5.41, 5.74) is -0.801. The van der Waals surface area contributed by atoms with E-state index in [1.165, 1.54) is 14.0 Å². The van der Waals surface area contributed by atoms with Crippen molar-refractivity contribution >= 4 is 5.97 Å². The van der Waals surface area contributed by atoms with Crippen molar-refractivity contribution in [3.05, 3.63) is 35.4 Å². The number of rotatable bonds is 4. The van der Waals surface area contributed by atoms with Gasteiger partial charge in [-0.1, -0.05) is 37.6 Å². The Balaban J connectivity index is 3.15. The Labute approximate surface area is 95.4 Å². The molecule has 0 heterocycles. The van der Waals surface area contributed by atoms with Gasteiger partial charge < -0.3 is 4.74 Å². The van der Waals surface area contributed by atoms with Crippen molar-refractivity contribution < 1.29 is 13.9 Å². The van der Waals surface area contributed by atoms with E-state index in [0.717, 1.165) is 18.4 Å². The topological polar surface area (TPSA) is 26.3 Å². The normalized spacial score (nSPS) is 14.2. The van der Waals surface area contributed by atoms with E-state index in [9.17, 15) is 9.18 Å². The smallest absolute Gasteiger partial charge is 0.348 e. The van der Waals surface area contributed by atoms with Gasteiger partial charge >= 0.3 is 5.97 Å². The first-order chi connectivity index (χ1) is 7.54. The SMILES string of the molecule is CCCc1ccccc1C(C)(F)C(=O)OC. The number of benzene rings is 1. The summed E-state index contributed by atoms with van der Waals surface area (Å²) in [7, 11) is 1.20. The molecule has 1 aromatic rings. The van der Waals surface area contributed by atoms with E-state index in [1.807, 2.05) is 19.1 Å². The number of hydrogen-bond donors (Lipinski definition) is 0. The quantitative estimate of drug-likeness (QED) is 0.735. The van der Waals surface area contributed by atoms with E-state index < -0.39 is 11.6 Å². The third-order valence-electron chi connectivity index (χ3n) is 2.61. The highest BCUT2D eigenvalue weighted by Gasteiger charge is 2.37. The number of hydrogen-bond acceptors (Lipinski definition) is 2. The van der Waals surface area contributed by atoms with Crippen LogP contribution in [0.5, 0.6) is 0 Å². The Kier molecular flexibility index (Phi) is 4.05. The predicted molar refractivity (Wildman–Crippen MR) is 60.9 cm³/mol. The number of carbonyl (C=O) groups is 1. The highest BCUT2D eigenvalue weighted by molar-refractivity contribution is 5.81. The molecule has 0 aliphatic rings. The molecule has 0 saturated carbocycles. The third kappa shape index (κ3) is 2.40. The molecule has 0 saturated heterocycles. The van der Waals surface area contributed by atoms with Crippen LogP contribution in [0.2, 0.25) is 0 Å². The van der Waals surface area contributed by atoms with Crippen LogP contribution in [0.25, 0.3) is 0 Å². The first-order valence-corrected chi connectivity index (χ1v) is 5.39. The summed E-state index contributed by atoms with van der Waals surface area (Å²) < 4.78 is 18.8. The molecule has 16 heavy (non-hydrogen) atoms. The minimum Gasteiger partial charge on any atom is -0.466 e.